The first-order valence-electron chi connectivity index (χ1n) is 9.47. The molecule has 0 aromatic heterocycles. The zero-order chi connectivity index (χ0) is 16.4. The van der Waals surface area contributed by atoms with Crippen molar-refractivity contribution in [2.24, 2.45) is 5.92 Å². The van der Waals surface area contributed by atoms with Crippen molar-refractivity contribution in [2.45, 2.75) is 70.3 Å². The van der Waals surface area contributed by atoms with E-state index < -0.39 is 0 Å². The second kappa shape index (κ2) is 6.84. The minimum atomic E-state index is 0.261. The highest BCUT2D eigenvalue weighted by atomic mass is 16.5. The van der Waals surface area contributed by atoms with Crippen LogP contribution in [0.4, 0.5) is 0 Å². The van der Waals surface area contributed by atoms with Gasteiger partial charge in [-0.25, -0.2) is 0 Å². The Morgan fingerprint density at radius 3 is 2.83 bits per heavy atom. The van der Waals surface area contributed by atoms with Crippen molar-refractivity contribution >= 4 is 0 Å². The first-order chi connectivity index (χ1) is 11.1. The van der Waals surface area contributed by atoms with Crippen LogP contribution in [0.15, 0.2) is 18.2 Å². The van der Waals surface area contributed by atoms with Crippen LogP contribution in [0.5, 0.6) is 5.75 Å². The van der Waals surface area contributed by atoms with Gasteiger partial charge in [-0.15, -0.1) is 0 Å². The predicted octanol–water partition coefficient (Wildman–Crippen LogP) is 4.80. The highest BCUT2D eigenvalue weighted by Gasteiger charge is 2.47. The van der Waals surface area contributed by atoms with Gasteiger partial charge in [-0.05, 0) is 68.5 Å². The average Bonchev–Trinajstić information content (AvgIpc) is 2.53. The van der Waals surface area contributed by atoms with E-state index in [0.29, 0.717) is 6.04 Å². The van der Waals surface area contributed by atoms with Crippen LogP contribution in [0, 0.1) is 5.92 Å². The highest BCUT2D eigenvalue weighted by Crippen LogP contribution is 2.49. The zero-order valence-corrected chi connectivity index (χ0v) is 15.4. The van der Waals surface area contributed by atoms with Crippen LogP contribution in [0.25, 0.3) is 0 Å². The molecule has 3 atom stereocenters. The number of nitrogens with zero attached hydrogens (tertiary/aromatic N) is 1. The molecule has 128 valence electrons. The fraction of sp³-hybridized carbons (Fsp3) is 0.714. The quantitative estimate of drug-likeness (QED) is 0.791. The van der Waals surface area contributed by atoms with E-state index >= 15 is 0 Å². The number of methoxy groups -OCH3 is 1. The third-order valence-corrected chi connectivity index (χ3v) is 6.34. The molecule has 0 heterocycles. The summed E-state index contributed by atoms with van der Waals surface area (Å²) in [4.78, 5) is 2.67. The van der Waals surface area contributed by atoms with Gasteiger partial charge in [0.05, 0.1) is 7.11 Å². The maximum absolute atomic E-state index is 5.55. The van der Waals surface area contributed by atoms with E-state index in [2.05, 4.69) is 44.0 Å². The van der Waals surface area contributed by atoms with Crippen molar-refractivity contribution in [3.63, 3.8) is 0 Å². The Labute approximate surface area is 142 Å². The van der Waals surface area contributed by atoms with E-state index in [-0.39, 0.29) is 5.41 Å². The molecule has 1 aromatic carbocycles. The summed E-state index contributed by atoms with van der Waals surface area (Å²) in [7, 11) is 4.14. The molecule has 0 amide bonds. The van der Waals surface area contributed by atoms with Gasteiger partial charge in [0.25, 0.3) is 0 Å². The van der Waals surface area contributed by atoms with Crippen molar-refractivity contribution in [1.82, 2.24) is 4.90 Å². The van der Waals surface area contributed by atoms with Crippen LogP contribution >= 0.6 is 0 Å². The number of benzene rings is 1. The lowest BCUT2D eigenvalue weighted by molar-refractivity contribution is 0.0643. The summed E-state index contributed by atoms with van der Waals surface area (Å²) in [5.41, 5.74) is 3.39. The fourth-order valence-electron chi connectivity index (χ4n) is 5.42. The van der Waals surface area contributed by atoms with E-state index in [9.17, 15) is 0 Å². The van der Waals surface area contributed by atoms with Crippen molar-refractivity contribution in [3.05, 3.63) is 29.3 Å². The molecule has 2 nitrogen and oxygen atoms in total. The molecule has 1 fully saturated rings. The second-order valence-corrected chi connectivity index (χ2v) is 7.93. The topological polar surface area (TPSA) is 12.5 Å². The molecule has 0 aliphatic heterocycles. The highest BCUT2D eigenvalue weighted by molar-refractivity contribution is 5.44. The molecule has 0 radical (unpaired) electrons. The van der Waals surface area contributed by atoms with Gasteiger partial charge in [-0.2, -0.15) is 0 Å². The Bertz CT molecular complexity index is 541. The molecule has 23 heavy (non-hydrogen) atoms. The van der Waals surface area contributed by atoms with E-state index in [1.54, 1.807) is 18.2 Å². The minimum absolute atomic E-state index is 0.261. The summed E-state index contributed by atoms with van der Waals surface area (Å²) >= 11 is 0. The first-order valence-corrected chi connectivity index (χ1v) is 9.47. The first kappa shape index (κ1) is 16.8. The molecule has 2 bridgehead atoms. The summed E-state index contributed by atoms with van der Waals surface area (Å²) in [6, 6.07) is 7.48. The van der Waals surface area contributed by atoms with Gasteiger partial charge in [0.1, 0.15) is 5.75 Å². The maximum atomic E-state index is 5.55. The Morgan fingerprint density at radius 1 is 1.26 bits per heavy atom. The van der Waals surface area contributed by atoms with E-state index in [0.717, 1.165) is 11.7 Å². The lowest BCUT2D eigenvalue weighted by atomic mass is 9.59. The van der Waals surface area contributed by atoms with Crippen LogP contribution in [-0.4, -0.2) is 31.6 Å². The molecular formula is C21H33NO. The summed E-state index contributed by atoms with van der Waals surface area (Å²) in [5.74, 6) is 1.82. The van der Waals surface area contributed by atoms with Gasteiger partial charge in [0, 0.05) is 11.5 Å². The monoisotopic (exact) mass is 315 g/mol. The molecule has 0 unspecified atom stereocenters. The van der Waals surface area contributed by atoms with Crippen LogP contribution in [0.1, 0.15) is 63.5 Å². The molecule has 0 N–H and O–H groups in total. The Morgan fingerprint density at radius 2 is 2.09 bits per heavy atom. The fourth-order valence-corrected chi connectivity index (χ4v) is 5.42. The van der Waals surface area contributed by atoms with Crippen molar-refractivity contribution in [2.75, 3.05) is 20.7 Å². The molecule has 2 heteroatoms. The summed E-state index contributed by atoms with van der Waals surface area (Å²) in [5, 5.41) is 0. The average molecular weight is 316 g/mol. The SMILES string of the molecule is CCCN(C)[C@H]1[C@H]2CCCCC[C@]1(C)c1cc(OC)ccc1C2. The van der Waals surface area contributed by atoms with Gasteiger partial charge < -0.3 is 9.64 Å². The van der Waals surface area contributed by atoms with Crippen LogP contribution in [-0.2, 0) is 11.8 Å². The van der Waals surface area contributed by atoms with Crippen molar-refractivity contribution in [1.29, 1.82) is 0 Å². The van der Waals surface area contributed by atoms with Crippen molar-refractivity contribution < 1.29 is 4.74 Å². The third kappa shape index (κ3) is 3.03. The molecule has 2 aliphatic carbocycles. The minimum Gasteiger partial charge on any atom is -0.497 e. The smallest absolute Gasteiger partial charge is 0.119 e. The Kier molecular flexibility index (Phi) is 5.01. The number of rotatable bonds is 4. The largest absolute Gasteiger partial charge is 0.497 e. The maximum Gasteiger partial charge on any atom is 0.119 e. The number of fused-ring (bicyclic) bond motifs is 4. The molecule has 1 aromatic rings. The molecule has 3 rings (SSSR count). The van der Waals surface area contributed by atoms with Gasteiger partial charge in [0.2, 0.25) is 0 Å². The van der Waals surface area contributed by atoms with Gasteiger partial charge >= 0.3 is 0 Å². The van der Waals surface area contributed by atoms with Crippen LogP contribution in [0.3, 0.4) is 0 Å². The zero-order valence-electron chi connectivity index (χ0n) is 15.4. The molecule has 0 spiro atoms. The normalized spacial score (nSPS) is 30.5. The predicted molar refractivity (Wildman–Crippen MR) is 97.3 cm³/mol. The number of ether oxygens (including phenoxy) is 1. The van der Waals surface area contributed by atoms with E-state index in [1.807, 2.05) is 0 Å². The van der Waals surface area contributed by atoms with Crippen LogP contribution < -0.4 is 4.74 Å². The van der Waals surface area contributed by atoms with E-state index in [1.165, 1.54) is 51.5 Å². The summed E-state index contributed by atoms with van der Waals surface area (Å²) in [6.07, 6.45) is 9.34. The molecular weight excluding hydrogens is 282 g/mol. The Hall–Kier alpha value is -1.02. The summed E-state index contributed by atoms with van der Waals surface area (Å²) < 4.78 is 5.55. The third-order valence-electron chi connectivity index (χ3n) is 6.34. The molecule has 1 saturated carbocycles. The lowest BCUT2D eigenvalue weighted by Crippen LogP contribution is -2.56. The lowest BCUT2D eigenvalue weighted by Gasteiger charge is -2.52. The summed E-state index contributed by atoms with van der Waals surface area (Å²) in [6.45, 7) is 6.03. The molecule has 2 aliphatic rings. The van der Waals surface area contributed by atoms with Gasteiger partial charge in [-0.3, -0.25) is 0 Å². The van der Waals surface area contributed by atoms with Crippen molar-refractivity contribution in [3.8, 4) is 5.75 Å². The van der Waals surface area contributed by atoms with Gasteiger partial charge in [-0.1, -0.05) is 39.2 Å². The Balaban J connectivity index is 2.08. The number of likely N-dealkylation sites (N-methyl/N-ethyl adjacent to an activating group) is 1. The standard InChI is InChI=1S/C21H33NO/c1-5-13-22(3)20-17-9-7-6-8-12-21(20,2)19-15-18(23-4)11-10-16(19)14-17/h10-11,15,17,20H,5-9,12-14H2,1-4H3/t17-,20-,21+/m0/s1. The number of hydrogen-bond donors (Lipinski definition) is 0. The van der Waals surface area contributed by atoms with E-state index in [4.69, 9.17) is 4.74 Å². The second-order valence-electron chi connectivity index (χ2n) is 7.93. The number of hydrogen-bond acceptors (Lipinski definition) is 2. The molecule has 0 saturated heterocycles. The van der Waals surface area contributed by atoms with Crippen LogP contribution in [0.2, 0.25) is 0 Å². The van der Waals surface area contributed by atoms with Gasteiger partial charge in [0.15, 0.2) is 0 Å².